The van der Waals surface area contributed by atoms with Crippen molar-refractivity contribution in [2.75, 3.05) is 0 Å². The van der Waals surface area contributed by atoms with Gasteiger partial charge in [-0.25, -0.2) is 0 Å². The van der Waals surface area contributed by atoms with Crippen molar-refractivity contribution in [2.24, 2.45) is 0 Å². The summed E-state index contributed by atoms with van der Waals surface area (Å²) in [6, 6.07) is 54.1. The van der Waals surface area contributed by atoms with E-state index in [1.807, 2.05) is 0 Å². The fourth-order valence-electron chi connectivity index (χ4n) is 7.85. The maximum Gasteiger partial charge on any atom is 0.0159 e. The lowest BCUT2D eigenvalue weighted by Crippen LogP contribution is -2.14. The summed E-state index contributed by atoms with van der Waals surface area (Å²) >= 11 is 0. The molecule has 0 atom stereocenters. The molecule has 0 spiro atoms. The summed E-state index contributed by atoms with van der Waals surface area (Å²) in [5, 5.41) is 10.3. The van der Waals surface area contributed by atoms with Crippen LogP contribution in [0.5, 0.6) is 0 Å². The largest absolute Gasteiger partial charge is 0.0619 e. The highest BCUT2D eigenvalue weighted by Gasteiger charge is 2.36. The molecule has 0 saturated heterocycles. The Morgan fingerprint density at radius 2 is 0.907 bits per heavy atom. The minimum Gasteiger partial charge on any atom is -0.0619 e. The number of benzene rings is 8. The minimum absolute atomic E-state index is 0.0168. The van der Waals surface area contributed by atoms with Crippen molar-refractivity contribution in [3.05, 3.63) is 157 Å². The Balaban J connectivity index is 1.39. The van der Waals surface area contributed by atoms with E-state index in [0.717, 1.165) is 0 Å². The van der Waals surface area contributed by atoms with E-state index < -0.39 is 0 Å². The second kappa shape index (κ2) is 8.90. The van der Waals surface area contributed by atoms with Gasteiger partial charge >= 0.3 is 0 Å². The van der Waals surface area contributed by atoms with Crippen LogP contribution in [-0.2, 0) is 5.41 Å². The summed E-state index contributed by atoms with van der Waals surface area (Å²) in [5.41, 5.74) is 10.7. The van der Waals surface area contributed by atoms with Gasteiger partial charge in [0.15, 0.2) is 0 Å². The van der Waals surface area contributed by atoms with Gasteiger partial charge in [-0.1, -0.05) is 153 Å². The van der Waals surface area contributed by atoms with Crippen molar-refractivity contribution in [1.29, 1.82) is 0 Å². The van der Waals surface area contributed by atoms with Gasteiger partial charge in [0.1, 0.15) is 0 Å². The molecule has 8 aromatic rings. The molecule has 0 heteroatoms. The monoisotopic (exact) mass is 546 g/mol. The van der Waals surface area contributed by atoms with E-state index in [4.69, 9.17) is 0 Å². The lowest BCUT2D eigenvalue weighted by Gasteiger charge is -2.22. The molecule has 0 heterocycles. The number of hydrogen-bond donors (Lipinski definition) is 0. The number of hydrogen-bond acceptors (Lipinski definition) is 0. The molecule has 0 radical (unpaired) electrons. The van der Waals surface area contributed by atoms with Crippen LogP contribution in [0.2, 0.25) is 0 Å². The first-order valence-corrected chi connectivity index (χ1v) is 15.2. The van der Waals surface area contributed by atoms with Gasteiger partial charge in [0.05, 0.1) is 0 Å². The molecular weight excluding hydrogens is 516 g/mol. The normalized spacial score (nSPS) is 13.5. The van der Waals surface area contributed by atoms with Crippen LogP contribution in [0.1, 0.15) is 25.0 Å². The molecule has 43 heavy (non-hydrogen) atoms. The third kappa shape index (κ3) is 3.38. The fraction of sp³-hybridized carbons (Fsp3) is 0.0698. The summed E-state index contributed by atoms with van der Waals surface area (Å²) in [4.78, 5) is 0. The molecule has 202 valence electrons. The van der Waals surface area contributed by atoms with Gasteiger partial charge in [-0.05, 0) is 93.7 Å². The molecule has 0 nitrogen and oxygen atoms in total. The van der Waals surface area contributed by atoms with E-state index in [0.29, 0.717) is 0 Å². The van der Waals surface area contributed by atoms with Crippen molar-refractivity contribution in [3.63, 3.8) is 0 Å². The standard InChI is InChI=1S/C43H30/c1-43(2)38-21-10-9-18-37(38)42-32-20-11-19-31(30(32)24-25-39(42)43)41-35-16-7-5-14-33(35)40(34-15-6-8-17-36(34)41)29-23-22-27-12-3-4-13-28(27)26-29/h3-26H,1-2H3. The van der Waals surface area contributed by atoms with Crippen LogP contribution in [0.25, 0.3) is 76.5 Å². The maximum atomic E-state index is 2.38. The van der Waals surface area contributed by atoms with E-state index in [-0.39, 0.29) is 5.41 Å². The SMILES string of the molecule is CC1(C)c2ccccc2-c2c1ccc1c(-c3c4ccccc4c(-c4ccc5ccccc5c4)c4ccccc34)cccc21. The van der Waals surface area contributed by atoms with E-state index in [1.165, 1.54) is 87.6 Å². The predicted octanol–water partition coefficient (Wildman–Crippen LogP) is 11.9. The lowest BCUT2D eigenvalue weighted by atomic mass is 9.81. The molecule has 0 unspecified atom stereocenters. The van der Waals surface area contributed by atoms with Gasteiger partial charge < -0.3 is 0 Å². The molecule has 0 amide bonds. The zero-order valence-corrected chi connectivity index (χ0v) is 24.4. The quantitative estimate of drug-likeness (QED) is 0.189. The van der Waals surface area contributed by atoms with Crippen LogP contribution in [-0.4, -0.2) is 0 Å². The number of rotatable bonds is 2. The zero-order valence-electron chi connectivity index (χ0n) is 24.4. The Kier molecular flexibility index (Phi) is 5.05. The molecule has 0 aliphatic heterocycles. The first kappa shape index (κ1) is 24.4. The predicted molar refractivity (Wildman–Crippen MR) is 185 cm³/mol. The van der Waals surface area contributed by atoms with Gasteiger partial charge in [-0.3, -0.25) is 0 Å². The third-order valence-corrected chi connectivity index (χ3v) is 9.84. The zero-order chi connectivity index (χ0) is 28.7. The van der Waals surface area contributed by atoms with Crippen LogP contribution < -0.4 is 0 Å². The Hall–Kier alpha value is -5.20. The first-order chi connectivity index (χ1) is 21.1. The van der Waals surface area contributed by atoms with Gasteiger partial charge in [0.2, 0.25) is 0 Å². The van der Waals surface area contributed by atoms with Gasteiger partial charge in [-0.15, -0.1) is 0 Å². The smallest absolute Gasteiger partial charge is 0.0159 e. The summed E-state index contributed by atoms with van der Waals surface area (Å²) < 4.78 is 0. The topological polar surface area (TPSA) is 0 Å². The Labute approximate surface area is 251 Å². The van der Waals surface area contributed by atoms with Crippen LogP contribution in [0, 0.1) is 0 Å². The molecule has 9 rings (SSSR count). The van der Waals surface area contributed by atoms with E-state index in [9.17, 15) is 0 Å². The Morgan fingerprint density at radius 3 is 1.65 bits per heavy atom. The van der Waals surface area contributed by atoms with Crippen LogP contribution in [0.15, 0.2) is 146 Å². The van der Waals surface area contributed by atoms with Crippen molar-refractivity contribution in [3.8, 4) is 33.4 Å². The second-order valence-corrected chi connectivity index (χ2v) is 12.5. The molecule has 1 aliphatic rings. The van der Waals surface area contributed by atoms with Crippen molar-refractivity contribution in [1.82, 2.24) is 0 Å². The average Bonchev–Trinajstić information content (AvgIpc) is 3.29. The summed E-state index contributed by atoms with van der Waals surface area (Å²) in [6.07, 6.45) is 0. The van der Waals surface area contributed by atoms with E-state index in [2.05, 4.69) is 159 Å². The molecule has 0 aromatic heterocycles. The minimum atomic E-state index is -0.0168. The van der Waals surface area contributed by atoms with Gasteiger partial charge in [-0.2, -0.15) is 0 Å². The van der Waals surface area contributed by atoms with Crippen molar-refractivity contribution in [2.45, 2.75) is 19.3 Å². The van der Waals surface area contributed by atoms with Gasteiger partial charge in [0, 0.05) is 5.41 Å². The molecule has 0 N–H and O–H groups in total. The second-order valence-electron chi connectivity index (χ2n) is 12.5. The number of fused-ring (bicyclic) bond motifs is 8. The lowest BCUT2D eigenvalue weighted by molar-refractivity contribution is 0.661. The Bertz CT molecular complexity index is 2360. The summed E-state index contributed by atoms with van der Waals surface area (Å²) in [6.45, 7) is 4.72. The summed E-state index contributed by atoms with van der Waals surface area (Å²) in [5.74, 6) is 0. The molecule has 0 bridgehead atoms. The van der Waals surface area contributed by atoms with Crippen LogP contribution >= 0.6 is 0 Å². The first-order valence-electron chi connectivity index (χ1n) is 15.2. The fourth-order valence-corrected chi connectivity index (χ4v) is 7.85. The highest BCUT2D eigenvalue weighted by molar-refractivity contribution is 6.24. The van der Waals surface area contributed by atoms with Crippen molar-refractivity contribution < 1.29 is 0 Å². The average molecular weight is 547 g/mol. The maximum absolute atomic E-state index is 2.38. The molecule has 0 fully saturated rings. The molecule has 0 saturated carbocycles. The third-order valence-electron chi connectivity index (χ3n) is 9.84. The van der Waals surface area contributed by atoms with Crippen LogP contribution in [0.4, 0.5) is 0 Å². The Morgan fingerprint density at radius 1 is 0.349 bits per heavy atom. The molecular formula is C43H30. The van der Waals surface area contributed by atoms with E-state index in [1.54, 1.807) is 0 Å². The van der Waals surface area contributed by atoms with E-state index >= 15 is 0 Å². The highest BCUT2D eigenvalue weighted by Crippen LogP contribution is 2.53. The highest BCUT2D eigenvalue weighted by atomic mass is 14.4. The van der Waals surface area contributed by atoms with Crippen LogP contribution in [0.3, 0.4) is 0 Å². The molecule has 1 aliphatic carbocycles. The van der Waals surface area contributed by atoms with Gasteiger partial charge in [0.25, 0.3) is 0 Å². The molecule has 8 aromatic carbocycles. The van der Waals surface area contributed by atoms with Crippen molar-refractivity contribution >= 4 is 43.1 Å². The summed E-state index contributed by atoms with van der Waals surface area (Å²) in [7, 11) is 0.